The molecule has 1 saturated heterocycles. The van der Waals surface area contributed by atoms with E-state index < -0.39 is 11.9 Å². The zero-order chi connectivity index (χ0) is 18.2. The number of hydrogen-bond donors (Lipinski definition) is 1. The van der Waals surface area contributed by atoms with Gasteiger partial charge < -0.3 is 19.5 Å². The van der Waals surface area contributed by atoms with Crippen molar-refractivity contribution < 1.29 is 24.2 Å². The number of nitrogens with zero attached hydrogens (tertiary/aromatic N) is 1. The van der Waals surface area contributed by atoms with E-state index in [1.54, 1.807) is 12.0 Å². The molecular weight excluding hydrogens is 322 g/mol. The molecule has 1 amide bonds. The molecule has 1 aliphatic heterocycles. The SMILES string of the molecule is CCCCCCOc1ccc(CN2C[C@@H](C(=O)O)CC2=O)cc1OC. The molecule has 0 aromatic heterocycles. The number of unbranched alkanes of at least 4 members (excludes halogenated alkanes) is 3. The van der Waals surface area contributed by atoms with Crippen LogP contribution in [0.5, 0.6) is 11.5 Å². The van der Waals surface area contributed by atoms with Gasteiger partial charge in [-0.15, -0.1) is 0 Å². The molecule has 6 heteroatoms. The van der Waals surface area contributed by atoms with Crippen LogP contribution in [0.3, 0.4) is 0 Å². The van der Waals surface area contributed by atoms with Crippen LogP contribution in [-0.4, -0.2) is 42.1 Å². The first kappa shape index (κ1) is 19.1. The number of hydrogen-bond acceptors (Lipinski definition) is 4. The van der Waals surface area contributed by atoms with E-state index in [4.69, 9.17) is 14.6 Å². The lowest BCUT2D eigenvalue weighted by Crippen LogP contribution is -2.25. The Morgan fingerprint density at radius 1 is 1.28 bits per heavy atom. The summed E-state index contributed by atoms with van der Waals surface area (Å²) in [6.07, 6.45) is 4.64. The lowest BCUT2D eigenvalue weighted by Gasteiger charge is -2.17. The Balaban J connectivity index is 1.94. The van der Waals surface area contributed by atoms with E-state index in [-0.39, 0.29) is 18.9 Å². The van der Waals surface area contributed by atoms with Crippen LogP contribution in [0, 0.1) is 5.92 Å². The number of carboxylic acid groups (broad SMARTS) is 1. The molecule has 0 aliphatic carbocycles. The second kappa shape index (κ2) is 9.30. The van der Waals surface area contributed by atoms with E-state index in [0.717, 1.165) is 18.4 Å². The third kappa shape index (κ3) is 5.37. The number of methoxy groups -OCH3 is 1. The molecule has 1 aromatic carbocycles. The minimum Gasteiger partial charge on any atom is -0.493 e. The number of ether oxygens (including phenoxy) is 2. The van der Waals surface area contributed by atoms with E-state index in [2.05, 4.69) is 6.92 Å². The van der Waals surface area contributed by atoms with Crippen molar-refractivity contribution in [2.75, 3.05) is 20.3 Å². The number of carbonyl (C=O) groups is 2. The number of benzene rings is 1. The zero-order valence-corrected chi connectivity index (χ0v) is 15.0. The minimum atomic E-state index is -0.916. The maximum atomic E-state index is 11.9. The third-order valence-electron chi connectivity index (χ3n) is 4.42. The molecule has 1 aromatic rings. The van der Waals surface area contributed by atoms with Crippen LogP contribution in [0.1, 0.15) is 44.6 Å². The van der Waals surface area contributed by atoms with Crippen LogP contribution >= 0.6 is 0 Å². The molecule has 1 aliphatic rings. The molecule has 6 nitrogen and oxygen atoms in total. The largest absolute Gasteiger partial charge is 0.493 e. The quantitative estimate of drug-likeness (QED) is 0.657. The maximum absolute atomic E-state index is 11.9. The summed E-state index contributed by atoms with van der Waals surface area (Å²) in [7, 11) is 1.59. The summed E-state index contributed by atoms with van der Waals surface area (Å²) >= 11 is 0. The topological polar surface area (TPSA) is 76.1 Å². The molecule has 0 unspecified atom stereocenters. The van der Waals surface area contributed by atoms with E-state index in [0.29, 0.717) is 24.7 Å². The summed E-state index contributed by atoms with van der Waals surface area (Å²) < 4.78 is 11.2. The Morgan fingerprint density at radius 2 is 2.08 bits per heavy atom. The van der Waals surface area contributed by atoms with Crippen LogP contribution in [0.25, 0.3) is 0 Å². The number of rotatable bonds is 10. The maximum Gasteiger partial charge on any atom is 0.308 e. The van der Waals surface area contributed by atoms with Gasteiger partial charge in [0.1, 0.15) is 0 Å². The first-order valence-corrected chi connectivity index (χ1v) is 8.85. The van der Waals surface area contributed by atoms with Gasteiger partial charge in [-0.25, -0.2) is 0 Å². The number of likely N-dealkylation sites (tertiary alicyclic amines) is 1. The lowest BCUT2D eigenvalue weighted by molar-refractivity contribution is -0.141. The van der Waals surface area contributed by atoms with Crippen molar-refractivity contribution in [1.29, 1.82) is 0 Å². The zero-order valence-electron chi connectivity index (χ0n) is 15.0. The summed E-state index contributed by atoms with van der Waals surface area (Å²) in [6.45, 7) is 3.47. The molecule has 25 heavy (non-hydrogen) atoms. The number of carbonyl (C=O) groups excluding carboxylic acids is 1. The molecule has 138 valence electrons. The molecule has 0 bridgehead atoms. The van der Waals surface area contributed by atoms with Crippen molar-refractivity contribution in [3.05, 3.63) is 23.8 Å². The van der Waals surface area contributed by atoms with Crippen molar-refractivity contribution in [3.63, 3.8) is 0 Å². The molecule has 1 heterocycles. The Morgan fingerprint density at radius 3 is 2.72 bits per heavy atom. The van der Waals surface area contributed by atoms with Crippen molar-refractivity contribution in [3.8, 4) is 11.5 Å². The number of amides is 1. The fourth-order valence-electron chi connectivity index (χ4n) is 2.95. The highest BCUT2D eigenvalue weighted by Crippen LogP contribution is 2.30. The lowest BCUT2D eigenvalue weighted by atomic mass is 10.1. The molecule has 0 spiro atoms. The summed E-state index contributed by atoms with van der Waals surface area (Å²) in [5.74, 6) is -0.323. The van der Waals surface area contributed by atoms with Gasteiger partial charge in [-0.2, -0.15) is 0 Å². The second-order valence-electron chi connectivity index (χ2n) is 6.41. The molecule has 1 fully saturated rings. The Bertz CT molecular complexity index is 601. The average Bonchev–Trinajstić information content (AvgIpc) is 2.96. The molecular formula is C19H27NO5. The first-order chi connectivity index (χ1) is 12.0. The van der Waals surface area contributed by atoms with Gasteiger partial charge in [-0.05, 0) is 24.1 Å². The summed E-state index contributed by atoms with van der Waals surface area (Å²) in [5, 5.41) is 9.05. The monoisotopic (exact) mass is 349 g/mol. The van der Waals surface area contributed by atoms with Gasteiger partial charge in [0.15, 0.2) is 11.5 Å². The van der Waals surface area contributed by atoms with Gasteiger partial charge in [-0.3, -0.25) is 9.59 Å². The third-order valence-corrected chi connectivity index (χ3v) is 4.42. The summed E-state index contributed by atoms with van der Waals surface area (Å²) in [6, 6.07) is 5.59. The van der Waals surface area contributed by atoms with Gasteiger partial charge in [0, 0.05) is 19.5 Å². The Labute approximate surface area is 148 Å². The standard InChI is InChI=1S/C19H27NO5/c1-3-4-5-6-9-25-16-8-7-14(10-17(16)24-2)12-20-13-15(19(22)23)11-18(20)21/h7-8,10,15H,3-6,9,11-13H2,1-2H3,(H,22,23)/t15-/m0/s1. The second-order valence-corrected chi connectivity index (χ2v) is 6.41. The highest BCUT2D eigenvalue weighted by Gasteiger charge is 2.34. The smallest absolute Gasteiger partial charge is 0.308 e. The molecule has 0 saturated carbocycles. The average molecular weight is 349 g/mol. The van der Waals surface area contributed by atoms with Crippen LogP contribution < -0.4 is 9.47 Å². The van der Waals surface area contributed by atoms with Crippen LogP contribution in [0.15, 0.2) is 18.2 Å². The first-order valence-electron chi connectivity index (χ1n) is 8.85. The Hall–Kier alpha value is -2.24. The van der Waals surface area contributed by atoms with Gasteiger partial charge in [-0.1, -0.05) is 32.3 Å². The van der Waals surface area contributed by atoms with Crippen LogP contribution in [0.2, 0.25) is 0 Å². The summed E-state index contributed by atoms with van der Waals surface area (Å²) in [4.78, 5) is 24.6. The summed E-state index contributed by atoms with van der Waals surface area (Å²) in [5.41, 5.74) is 0.898. The van der Waals surface area contributed by atoms with E-state index in [1.807, 2.05) is 18.2 Å². The van der Waals surface area contributed by atoms with Gasteiger partial charge >= 0.3 is 5.97 Å². The van der Waals surface area contributed by atoms with Crippen molar-refractivity contribution >= 4 is 11.9 Å². The molecule has 1 N–H and O–H groups in total. The highest BCUT2D eigenvalue weighted by molar-refractivity contribution is 5.86. The highest BCUT2D eigenvalue weighted by atomic mass is 16.5. The molecule has 1 atom stereocenters. The van der Waals surface area contributed by atoms with Gasteiger partial charge in [0.25, 0.3) is 0 Å². The molecule has 2 rings (SSSR count). The number of carboxylic acids is 1. The minimum absolute atomic E-state index is 0.0748. The van der Waals surface area contributed by atoms with Crippen molar-refractivity contribution in [1.82, 2.24) is 4.90 Å². The van der Waals surface area contributed by atoms with Gasteiger partial charge in [0.05, 0.1) is 19.6 Å². The predicted octanol–water partition coefficient (Wildman–Crippen LogP) is 3.09. The van der Waals surface area contributed by atoms with Gasteiger partial charge in [0.2, 0.25) is 5.91 Å². The fraction of sp³-hybridized carbons (Fsp3) is 0.579. The normalized spacial score (nSPS) is 17.0. The predicted molar refractivity (Wildman–Crippen MR) is 93.8 cm³/mol. The van der Waals surface area contributed by atoms with E-state index in [1.165, 1.54) is 12.8 Å². The van der Waals surface area contributed by atoms with Crippen molar-refractivity contribution in [2.24, 2.45) is 5.92 Å². The van der Waals surface area contributed by atoms with Crippen molar-refractivity contribution in [2.45, 2.75) is 45.6 Å². The fourth-order valence-corrected chi connectivity index (χ4v) is 2.95. The van der Waals surface area contributed by atoms with Crippen LogP contribution in [0.4, 0.5) is 0 Å². The number of aliphatic carboxylic acids is 1. The van der Waals surface area contributed by atoms with E-state index in [9.17, 15) is 9.59 Å². The van der Waals surface area contributed by atoms with E-state index >= 15 is 0 Å². The molecule has 0 radical (unpaired) electrons. The van der Waals surface area contributed by atoms with Crippen LogP contribution in [-0.2, 0) is 16.1 Å². The Kier molecular flexibility index (Phi) is 7.10.